The summed E-state index contributed by atoms with van der Waals surface area (Å²) >= 11 is 0. The highest BCUT2D eigenvalue weighted by Gasteiger charge is 2.41. The van der Waals surface area contributed by atoms with E-state index >= 15 is 0 Å². The van der Waals surface area contributed by atoms with Gasteiger partial charge in [0.2, 0.25) is 0 Å². The minimum atomic E-state index is -0.267. The summed E-state index contributed by atoms with van der Waals surface area (Å²) in [4.78, 5) is 2.37. The zero-order valence-electron chi connectivity index (χ0n) is 27.9. The van der Waals surface area contributed by atoms with E-state index in [2.05, 4.69) is 183 Å². The van der Waals surface area contributed by atoms with Crippen LogP contribution in [0.5, 0.6) is 0 Å². The zero-order valence-corrected chi connectivity index (χ0v) is 27.9. The van der Waals surface area contributed by atoms with Crippen LogP contribution in [0.25, 0.3) is 44.2 Å². The van der Waals surface area contributed by atoms with Gasteiger partial charge in [0.1, 0.15) is 11.2 Å². The van der Waals surface area contributed by atoms with Crippen molar-refractivity contribution in [2.75, 3.05) is 4.90 Å². The molecule has 234 valence electrons. The maximum Gasteiger partial charge on any atom is 0.135 e. The number of hydrogen-bond acceptors (Lipinski definition) is 2. The zero-order chi connectivity index (χ0) is 32.9. The number of fused-ring (bicyclic) bond motifs is 9. The normalized spacial score (nSPS) is 14.8. The van der Waals surface area contributed by atoms with Crippen LogP contribution >= 0.6 is 0 Å². The van der Waals surface area contributed by atoms with E-state index in [9.17, 15) is 0 Å². The smallest absolute Gasteiger partial charge is 0.135 e. The van der Waals surface area contributed by atoms with Crippen LogP contribution in [-0.2, 0) is 10.8 Å². The van der Waals surface area contributed by atoms with Gasteiger partial charge in [0.15, 0.2) is 0 Å². The average molecular weight is 630 g/mol. The van der Waals surface area contributed by atoms with Crippen LogP contribution < -0.4 is 4.90 Å². The summed E-state index contributed by atoms with van der Waals surface area (Å²) in [6.07, 6.45) is 0. The van der Waals surface area contributed by atoms with Crippen LogP contribution in [0.3, 0.4) is 0 Å². The van der Waals surface area contributed by atoms with Gasteiger partial charge in [0.25, 0.3) is 0 Å². The molecule has 2 aliphatic carbocycles. The number of hydrogen-bond donors (Lipinski definition) is 0. The van der Waals surface area contributed by atoms with Crippen molar-refractivity contribution in [3.8, 4) is 22.3 Å². The average Bonchev–Trinajstić information content (AvgIpc) is 3.72. The highest BCUT2D eigenvalue weighted by molar-refractivity contribution is 6.07. The maximum atomic E-state index is 6.62. The molecule has 49 heavy (non-hydrogen) atoms. The van der Waals surface area contributed by atoms with Crippen molar-refractivity contribution >= 4 is 39.0 Å². The molecule has 0 radical (unpaired) electrons. The maximum absolute atomic E-state index is 6.62. The molecule has 2 aliphatic rings. The lowest BCUT2D eigenvalue weighted by atomic mass is 9.74. The lowest BCUT2D eigenvalue weighted by molar-refractivity contribution is 0.660. The molecule has 2 nitrogen and oxygen atoms in total. The Morgan fingerprint density at radius 3 is 1.69 bits per heavy atom. The second-order valence-corrected chi connectivity index (χ2v) is 14.3. The number of rotatable bonds is 4. The van der Waals surface area contributed by atoms with Crippen molar-refractivity contribution in [1.29, 1.82) is 0 Å². The second-order valence-electron chi connectivity index (χ2n) is 14.3. The van der Waals surface area contributed by atoms with E-state index in [0.717, 1.165) is 39.0 Å². The van der Waals surface area contributed by atoms with Crippen LogP contribution in [0.4, 0.5) is 17.1 Å². The van der Waals surface area contributed by atoms with E-state index in [4.69, 9.17) is 4.42 Å². The van der Waals surface area contributed by atoms with Crippen molar-refractivity contribution in [1.82, 2.24) is 0 Å². The van der Waals surface area contributed by atoms with Crippen LogP contribution in [0.2, 0.25) is 0 Å². The monoisotopic (exact) mass is 629 g/mol. The van der Waals surface area contributed by atoms with Gasteiger partial charge in [-0.25, -0.2) is 0 Å². The molecule has 2 heteroatoms. The van der Waals surface area contributed by atoms with Crippen molar-refractivity contribution in [3.63, 3.8) is 0 Å². The predicted molar refractivity (Wildman–Crippen MR) is 203 cm³/mol. The molecular weight excluding hydrogens is 595 g/mol. The van der Waals surface area contributed by atoms with Gasteiger partial charge in [0.05, 0.1) is 0 Å². The van der Waals surface area contributed by atoms with Crippen molar-refractivity contribution in [3.05, 3.63) is 186 Å². The fourth-order valence-corrected chi connectivity index (χ4v) is 8.83. The first-order valence-corrected chi connectivity index (χ1v) is 17.2. The molecule has 1 aromatic heterocycles. The van der Waals surface area contributed by atoms with Crippen LogP contribution in [-0.4, -0.2) is 0 Å². The number of furan rings is 1. The SMILES string of the molecule is CC1(C)c2ccccc2-c2ccc(N(c3ccccc3)c3ccc4oc5cc(C6(C)c7ccccc7-c7ccccc76)ccc5c4c3)cc21. The molecule has 0 atom stereocenters. The highest BCUT2D eigenvalue weighted by atomic mass is 16.3. The fraction of sp³-hybridized carbons (Fsp3) is 0.106. The lowest BCUT2D eigenvalue weighted by Crippen LogP contribution is -2.22. The van der Waals surface area contributed by atoms with Gasteiger partial charge in [-0.2, -0.15) is 0 Å². The van der Waals surface area contributed by atoms with E-state index in [1.807, 2.05) is 0 Å². The summed E-state index contributed by atoms with van der Waals surface area (Å²) < 4.78 is 6.62. The molecule has 0 bridgehead atoms. The third-order valence-electron chi connectivity index (χ3n) is 11.4. The standard InChI is InChI=1S/C47H35NO/c1-46(2)40-18-10-7-15-34(40)37-25-22-33(29-43(37)46)48(31-13-5-4-6-14-31)32-23-26-44-39(28-32)38-24-21-30(27-45(38)49-44)47(3)41-19-11-8-16-35(41)36-17-9-12-20-42(36)47/h4-29H,1-3H3. The first-order chi connectivity index (χ1) is 23.9. The molecule has 0 amide bonds. The number of anilines is 3. The quantitative estimate of drug-likeness (QED) is 0.193. The first kappa shape index (κ1) is 28.2. The van der Waals surface area contributed by atoms with Crippen molar-refractivity contribution < 1.29 is 4.42 Å². The van der Waals surface area contributed by atoms with Crippen molar-refractivity contribution in [2.24, 2.45) is 0 Å². The Labute approximate surface area is 286 Å². The lowest BCUT2D eigenvalue weighted by Gasteiger charge is -2.28. The van der Waals surface area contributed by atoms with Crippen LogP contribution in [0, 0.1) is 0 Å². The molecule has 0 spiro atoms. The van der Waals surface area contributed by atoms with Crippen LogP contribution in [0.15, 0.2) is 162 Å². The summed E-state index contributed by atoms with van der Waals surface area (Å²) in [5.41, 5.74) is 16.8. The van der Waals surface area contributed by atoms with Gasteiger partial charge in [-0.05, 0) is 106 Å². The summed E-state index contributed by atoms with van der Waals surface area (Å²) in [5.74, 6) is 0. The Morgan fingerprint density at radius 2 is 0.980 bits per heavy atom. The molecule has 0 saturated heterocycles. The summed E-state index contributed by atoms with van der Waals surface area (Å²) in [5, 5.41) is 2.24. The molecule has 10 rings (SSSR count). The largest absolute Gasteiger partial charge is 0.456 e. The number of para-hydroxylation sites is 1. The number of nitrogens with zero attached hydrogens (tertiary/aromatic N) is 1. The third kappa shape index (κ3) is 3.89. The molecule has 8 aromatic rings. The Morgan fingerprint density at radius 1 is 0.408 bits per heavy atom. The van der Waals surface area contributed by atoms with Gasteiger partial charge < -0.3 is 9.32 Å². The Bertz CT molecular complexity index is 2560. The Hall–Kier alpha value is -5.86. The molecule has 0 aliphatic heterocycles. The highest BCUT2D eigenvalue weighted by Crippen LogP contribution is 2.53. The summed E-state index contributed by atoms with van der Waals surface area (Å²) in [6, 6.07) is 57.6. The Balaban J connectivity index is 1.11. The molecule has 0 unspecified atom stereocenters. The molecule has 0 N–H and O–H groups in total. The van der Waals surface area contributed by atoms with Gasteiger partial charge in [-0.3, -0.25) is 0 Å². The van der Waals surface area contributed by atoms with Gasteiger partial charge >= 0.3 is 0 Å². The molecule has 1 heterocycles. The van der Waals surface area contributed by atoms with E-state index in [0.29, 0.717) is 0 Å². The predicted octanol–water partition coefficient (Wildman–Crippen LogP) is 12.7. The summed E-state index contributed by atoms with van der Waals surface area (Å²) in [6.45, 7) is 7.04. The first-order valence-electron chi connectivity index (χ1n) is 17.2. The Kier molecular flexibility index (Phi) is 5.79. The van der Waals surface area contributed by atoms with E-state index in [1.165, 1.54) is 50.1 Å². The molecule has 0 fully saturated rings. The topological polar surface area (TPSA) is 16.4 Å². The second kappa shape index (κ2) is 10.1. The minimum Gasteiger partial charge on any atom is -0.456 e. The van der Waals surface area contributed by atoms with Gasteiger partial charge in [0, 0.05) is 38.7 Å². The minimum absolute atomic E-state index is 0.0797. The summed E-state index contributed by atoms with van der Waals surface area (Å²) in [7, 11) is 0. The van der Waals surface area contributed by atoms with Gasteiger partial charge in [-0.15, -0.1) is 0 Å². The van der Waals surface area contributed by atoms with Crippen LogP contribution in [0.1, 0.15) is 48.6 Å². The molecule has 0 saturated carbocycles. The van der Waals surface area contributed by atoms with E-state index < -0.39 is 0 Å². The van der Waals surface area contributed by atoms with E-state index in [1.54, 1.807) is 0 Å². The van der Waals surface area contributed by atoms with E-state index in [-0.39, 0.29) is 10.8 Å². The molecular formula is C47H35NO. The third-order valence-corrected chi connectivity index (χ3v) is 11.4. The van der Waals surface area contributed by atoms with Gasteiger partial charge in [-0.1, -0.05) is 123 Å². The molecule has 7 aromatic carbocycles. The van der Waals surface area contributed by atoms with Crippen molar-refractivity contribution in [2.45, 2.75) is 31.6 Å². The fourth-order valence-electron chi connectivity index (χ4n) is 8.83. The number of benzene rings is 7.